The zero-order valence-corrected chi connectivity index (χ0v) is 22.6. The maximum absolute atomic E-state index is 14.0. The van der Waals surface area contributed by atoms with E-state index in [1.165, 1.54) is 12.1 Å². The summed E-state index contributed by atoms with van der Waals surface area (Å²) in [5.41, 5.74) is 2.63. The number of nitrogens with one attached hydrogen (secondary N) is 1. The molecule has 2 amide bonds. The number of hydrogen-bond acceptors (Lipinski definition) is 6. The van der Waals surface area contributed by atoms with Gasteiger partial charge in [-0.15, -0.1) is 0 Å². The zero-order chi connectivity index (χ0) is 27.8. The average Bonchev–Trinajstić information content (AvgIpc) is 2.93. The number of ether oxygens (including phenoxy) is 2. The van der Waals surface area contributed by atoms with Crippen molar-refractivity contribution in [2.24, 2.45) is 0 Å². The second-order valence-electron chi connectivity index (χ2n) is 9.77. The summed E-state index contributed by atoms with van der Waals surface area (Å²) in [6.45, 7) is 8.62. The van der Waals surface area contributed by atoms with Gasteiger partial charge in [-0.05, 0) is 62.2 Å². The third-order valence-electron chi connectivity index (χ3n) is 7.14. The summed E-state index contributed by atoms with van der Waals surface area (Å²) in [6.07, 6.45) is 0.860. The standard InChI is InChI=1S/C30H36FN3O5/c1-3-39-30(37)28-21(2)34(27(35)19-26(28)23-8-5-10-25(31)18-23)20-22-7-4-9-24(17-22)29(36)32-11-6-12-33-13-15-38-16-14-33/h4-5,7-10,17-18,26H,3,6,11-16,19-20H2,1-2H3,(H,32,36). The molecule has 0 radical (unpaired) electrons. The molecule has 9 heteroatoms. The molecule has 39 heavy (non-hydrogen) atoms. The number of hydrogen-bond donors (Lipinski definition) is 1. The van der Waals surface area contributed by atoms with Crippen molar-refractivity contribution in [2.75, 3.05) is 46.0 Å². The SMILES string of the molecule is CCOC(=O)C1=C(C)N(Cc2cccc(C(=O)NCCCN3CCOCC3)c2)C(=O)CC1c1cccc(F)c1. The van der Waals surface area contributed by atoms with Crippen molar-refractivity contribution >= 4 is 17.8 Å². The number of carbonyl (C=O) groups excluding carboxylic acids is 3. The van der Waals surface area contributed by atoms with Gasteiger partial charge in [0.2, 0.25) is 5.91 Å². The summed E-state index contributed by atoms with van der Waals surface area (Å²) in [7, 11) is 0. The Labute approximate surface area is 228 Å². The zero-order valence-electron chi connectivity index (χ0n) is 22.6. The molecule has 1 fully saturated rings. The van der Waals surface area contributed by atoms with Crippen molar-refractivity contribution in [1.29, 1.82) is 0 Å². The predicted octanol–water partition coefficient (Wildman–Crippen LogP) is 3.63. The van der Waals surface area contributed by atoms with Crippen LogP contribution in [0.1, 0.15) is 54.1 Å². The first kappa shape index (κ1) is 28.4. The lowest BCUT2D eigenvalue weighted by molar-refractivity contribution is -0.140. The van der Waals surface area contributed by atoms with Crippen molar-refractivity contribution in [2.45, 2.75) is 39.2 Å². The number of halogens is 1. The van der Waals surface area contributed by atoms with E-state index in [2.05, 4.69) is 10.2 Å². The highest BCUT2D eigenvalue weighted by atomic mass is 19.1. The van der Waals surface area contributed by atoms with Gasteiger partial charge < -0.3 is 19.7 Å². The molecule has 0 spiro atoms. The van der Waals surface area contributed by atoms with Crippen LogP contribution in [0.15, 0.2) is 59.8 Å². The van der Waals surface area contributed by atoms with E-state index in [4.69, 9.17) is 9.47 Å². The molecule has 1 unspecified atom stereocenters. The monoisotopic (exact) mass is 537 g/mol. The molecule has 4 rings (SSSR count). The quantitative estimate of drug-likeness (QED) is 0.368. The van der Waals surface area contributed by atoms with Gasteiger partial charge in [0.05, 0.1) is 31.9 Å². The number of rotatable bonds is 10. The highest BCUT2D eigenvalue weighted by Crippen LogP contribution is 2.38. The Morgan fingerprint density at radius 2 is 1.90 bits per heavy atom. The highest BCUT2D eigenvalue weighted by molar-refractivity contribution is 5.96. The van der Waals surface area contributed by atoms with E-state index >= 15 is 0 Å². The summed E-state index contributed by atoms with van der Waals surface area (Å²) < 4.78 is 24.7. The van der Waals surface area contributed by atoms with Crippen LogP contribution in [0.25, 0.3) is 0 Å². The molecule has 2 aromatic carbocycles. The van der Waals surface area contributed by atoms with Gasteiger partial charge in [-0.2, -0.15) is 0 Å². The largest absolute Gasteiger partial charge is 0.463 e. The second-order valence-corrected chi connectivity index (χ2v) is 9.77. The summed E-state index contributed by atoms with van der Waals surface area (Å²) in [6, 6.07) is 13.1. The van der Waals surface area contributed by atoms with Crippen molar-refractivity contribution in [3.05, 3.63) is 82.3 Å². The molecule has 1 N–H and O–H groups in total. The predicted molar refractivity (Wildman–Crippen MR) is 144 cm³/mol. The fourth-order valence-electron chi connectivity index (χ4n) is 5.11. The number of amides is 2. The van der Waals surface area contributed by atoms with E-state index in [1.54, 1.807) is 49.1 Å². The summed E-state index contributed by atoms with van der Waals surface area (Å²) in [5, 5.41) is 2.97. The number of benzene rings is 2. The number of esters is 1. The Kier molecular flexibility index (Phi) is 9.84. The molecule has 2 aromatic rings. The Morgan fingerprint density at radius 3 is 2.64 bits per heavy atom. The van der Waals surface area contributed by atoms with Crippen molar-refractivity contribution in [3.63, 3.8) is 0 Å². The van der Waals surface area contributed by atoms with E-state index < -0.39 is 17.7 Å². The van der Waals surface area contributed by atoms with E-state index in [9.17, 15) is 18.8 Å². The van der Waals surface area contributed by atoms with E-state index in [1.807, 2.05) is 6.07 Å². The fourth-order valence-corrected chi connectivity index (χ4v) is 5.11. The lowest BCUT2D eigenvalue weighted by Gasteiger charge is -2.34. The van der Waals surface area contributed by atoms with Crippen LogP contribution < -0.4 is 5.32 Å². The van der Waals surface area contributed by atoms with Gasteiger partial charge in [-0.1, -0.05) is 24.3 Å². The number of carbonyl (C=O) groups is 3. The van der Waals surface area contributed by atoms with Gasteiger partial charge in [0.15, 0.2) is 0 Å². The Balaban J connectivity index is 1.46. The molecule has 2 aliphatic rings. The smallest absolute Gasteiger partial charge is 0.336 e. The molecule has 208 valence electrons. The molecule has 1 saturated heterocycles. The van der Waals surface area contributed by atoms with Crippen LogP contribution in [-0.4, -0.2) is 73.6 Å². The second kappa shape index (κ2) is 13.5. The molecular weight excluding hydrogens is 501 g/mol. The molecule has 0 bridgehead atoms. The third kappa shape index (κ3) is 7.30. The topological polar surface area (TPSA) is 88.2 Å². The fraction of sp³-hybridized carbons (Fsp3) is 0.433. The van der Waals surface area contributed by atoms with Crippen LogP contribution in [0, 0.1) is 5.82 Å². The number of allylic oxidation sites excluding steroid dienone is 1. The van der Waals surface area contributed by atoms with Gasteiger partial charge in [0.1, 0.15) is 5.82 Å². The lowest BCUT2D eigenvalue weighted by Crippen LogP contribution is -2.38. The van der Waals surface area contributed by atoms with Gasteiger partial charge in [0.25, 0.3) is 5.91 Å². The molecular formula is C30H36FN3O5. The maximum atomic E-state index is 14.0. The van der Waals surface area contributed by atoms with Crippen LogP contribution >= 0.6 is 0 Å². The van der Waals surface area contributed by atoms with Crippen LogP contribution in [0.2, 0.25) is 0 Å². The van der Waals surface area contributed by atoms with Crippen molar-refractivity contribution < 1.29 is 28.2 Å². The van der Waals surface area contributed by atoms with E-state index in [-0.39, 0.29) is 31.4 Å². The molecule has 2 heterocycles. The molecule has 1 atom stereocenters. The van der Waals surface area contributed by atoms with Gasteiger partial charge in [-0.25, -0.2) is 9.18 Å². The van der Waals surface area contributed by atoms with Gasteiger partial charge in [0, 0.05) is 43.2 Å². The highest BCUT2D eigenvalue weighted by Gasteiger charge is 2.37. The molecule has 0 aromatic heterocycles. The first-order chi connectivity index (χ1) is 18.9. The molecule has 2 aliphatic heterocycles. The Hall–Kier alpha value is -3.56. The summed E-state index contributed by atoms with van der Waals surface area (Å²) in [4.78, 5) is 42.9. The normalized spacial score (nSPS) is 18.3. The van der Waals surface area contributed by atoms with Gasteiger partial charge >= 0.3 is 5.97 Å². The van der Waals surface area contributed by atoms with Gasteiger partial charge in [-0.3, -0.25) is 14.5 Å². The van der Waals surface area contributed by atoms with Crippen LogP contribution in [0.5, 0.6) is 0 Å². The average molecular weight is 538 g/mol. The lowest BCUT2D eigenvalue weighted by atomic mass is 9.83. The van der Waals surface area contributed by atoms with Crippen LogP contribution in [-0.2, 0) is 25.6 Å². The Morgan fingerprint density at radius 1 is 1.13 bits per heavy atom. The summed E-state index contributed by atoms with van der Waals surface area (Å²) in [5.74, 6) is -1.91. The van der Waals surface area contributed by atoms with E-state index in [0.717, 1.165) is 44.8 Å². The van der Waals surface area contributed by atoms with Crippen LogP contribution in [0.4, 0.5) is 4.39 Å². The minimum Gasteiger partial charge on any atom is -0.463 e. The van der Waals surface area contributed by atoms with Crippen LogP contribution in [0.3, 0.4) is 0 Å². The van der Waals surface area contributed by atoms with Crippen molar-refractivity contribution in [1.82, 2.24) is 15.1 Å². The third-order valence-corrected chi connectivity index (χ3v) is 7.14. The first-order valence-electron chi connectivity index (χ1n) is 13.5. The summed E-state index contributed by atoms with van der Waals surface area (Å²) >= 11 is 0. The molecule has 8 nitrogen and oxygen atoms in total. The molecule has 0 aliphatic carbocycles. The first-order valence-corrected chi connectivity index (χ1v) is 13.5. The molecule has 0 saturated carbocycles. The minimum absolute atomic E-state index is 0.0122. The minimum atomic E-state index is -0.599. The maximum Gasteiger partial charge on any atom is 0.336 e. The van der Waals surface area contributed by atoms with Crippen molar-refractivity contribution in [3.8, 4) is 0 Å². The number of morpholine rings is 1. The number of nitrogens with zero attached hydrogens (tertiary/aromatic N) is 2. The Bertz CT molecular complexity index is 1220. The van der Waals surface area contributed by atoms with E-state index in [0.29, 0.717) is 28.9 Å².